The van der Waals surface area contributed by atoms with Gasteiger partial charge in [0.2, 0.25) is 10.0 Å². The highest BCUT2D eigenvalue weighted by Gasteiger charge is 2.37. The molecule has 0 aromatic carbocycles. The highest BCUT2D eigenvalue weighted by molar-refractivity contribution is 7.89. The van der Waals surface area contributed by atoms with E-state index in [0.717, 1.165) is 10.5 Å². The van der Waals surface area contributed by atoms with Gasteiger partial charge in [0.05, 0.1) is 0 Å². The van der Waals surface area contributed by atoms with E-state index in [9.17, 15) is 13.2 Å². The second-order valence-electron chi connectivity index (χ2n) is 4.46. The van der Waals surface area contributed by atoms with Crippen LogP contribution in [0.2, 0.25) is 0 Å². The summed E-state index contributed by atoms with van der Waals surface area (Å²) in [6, 6.07) is 3.33. The summed E-state index contributed by atoms with van der Waals surface area (Å²) in [4.78, 5) is 14.8. The Bertz CT molecular complexity index is 648. The normalized spacial score (nSPS) is 20.2. The molecule has 106 valence electrons. The lowest BCUT2D eigenvalue weighted by atomic mass is 10.1. The van der Waals surface area contributed by atoms with Crippen LogP contribution in [-0.2, 0) is 14.8 Å². The summed E-state index contributed by atoms with van der Waals surface area (Å²) >= 11 is 0. The lowest BCUT2D eigenvalue weighted by Gasteiger charge is -2.31. The highest BCUT2D eigenvalue weighted by Crippen LogP contribution is 2.25. The van der Waals surface area contributed by atoms with Crippen molar-refractivity contribution in [2.75, 3.05) is 6.54 Å². The summed E-state index contributed by atoms with van der Waals surface area (Å²) < 4.78 is 25.9. The van der Waals surface area contributed by atoms with Crippen LogP contribution in [0.15, 0.2) is 23.2 Å². The lowest BCUT2D eigenvalue weighted by molar-refractivity contribution is -0.142. The molecule has 0 aliphatic carbocycles. The van der Waals surface area contributed by atoms with Crippen molar-refractivity contribution >= 4 is 16.0 Å². The predicted molar refractivity (Wildman–Crippen MR) is 68.1 cm³/mol. The number of carbonyl (C=O) groups is 1. The minimum atomic E-state index is -3.90. The topological polar surface area (TPSA) is 111 Å². The molecule has 1 aliphatic rings. The molecule has 1 saturated heterocycles. The smallest absolute Gasteiger partial charge is 0.322 e. The van der Waals surface area contributed by atoms with Crippen molar-refractivity contribution in [3.63, 3.8) is 0 Å². The summed E-state index contributed by atoms with van der Waals surface area (Å²) in [5.74, 6) is -1.14. The number of hydrogen-bond donors (Lipinski definition) is 1. The van der Waals surface area contributed by atoms with Gasteiger partial charge in [-0.1, -0.05) is 0 Å². The number of hydrogen-bond acceptors (Lipinski definition) is 5. The van der Waals surface area contributed by atoms with Gasteiger partial charge in [-0.15, -0.1) is 0 Å². The van der Waals surface area contributed by atoms with Crippen LogP contribution in [0.5, 0.6) is 0 Å². The third-order valence-corrected chi connectivity index (χ3v) is 5.09. The van der Waals surface area contributed by atoms with Gasteiger partial charge in [0.25, 0.3) is 0 Å². The lowest BCUT2D eigenvalue weighted by Crippen LogP contribution is -2.47. The van der Waals surface area contributed by atoms with Crippen molar-refractivity contribution in [1.82, 2.24) is 9.29 Å². The van der Waals surface area contributed by atoms with E-state index in [4.69, 9.17) is 10.4 Å². The number of carboxylic acid groups (broad SMARTS) is 1. The number of nitrogens with zero attached hydrogens (tertiary/aromatic N) is 3. The molecule has 1 fully saturated rings. The minimum absolute atomic E-state index is 0.0929. The number of piperidine rings is 1. The fourth-order valence-corrected chi connectivity index (χ4v) is 3.77. The number of rotatable bonds is 3. The van der Waals surface area contributed by atoms with E-state index in [0.29, 0.717) is 19.3 Å². The van der Waals surface area contributed by atoms with Crippen LogP contribution >= 0.6 is 0 Å². The van der Waals surface area contributed by atoms with Crippen LogP contribution < -0.4 is 0 Å². The van der Waals surface area contributed by atoms with Gasteiger partial charge in [-0.3, -0.25) is 4.79 Å². The van der Waals surface area contributed by atoms with Gasteiger partial charge >= 0.3 is 5.97 Å². The van der Waals surface area contributed by atoms with Gasteiger partial charge in [0.15, 0.2) is 0 Å². The van der Waals surface area contributed by atoms with E-state index >= 15 is 0 Å². The van der Waals surface area contributed by atoms with Crippen molar-refractivity contribution in [2.45, 2.75) is 30.2 Å². The molecule has 1 aromatic rings. The van der Waals surface area contributed by atoms with E-state index in [1.807, 2.05) is 0 Å². The Hall–Kier alpha value is -1.98. The van der Waals surface area contributed by atoms with Gasteiger partial charge in [-0.05, 0) is 31.4 Å². The van der Waals surface area contributed by atoms with Crippen LogP contribution in [0.1, 0.15) is 25.0 Å². The van der Waals surface area contributed by atoms with Gasteiger partial charge in [0, 0.05) is 12.7 Å². The van der Waals surface area contributed by atoms with Crippen LogP contribution in [-0.4, -0.2) is 41.4 Å². The maximum atomic E-state index is 12.4. The monoisotopic (exact) mass is 295 g/mol. The molecule has 20 heavy (non-hydrogen) atoms. The number of carboxylic acids is 1. The summed E-state index contributed by atoms with van der Waals surface area (Å²) in [5, 5.41) is 17.8. The third-order valence-electron chi connectivity index (χ3n) is 3.20. The summed E-state index contributed by atoms with van der Waals surface area (Å²) in [7, 11) is -3.90. The Labute approximate surface area is 116 Å². The average Bonchev–Trinajstić information content (AvgIpc) is 2.47. The molecule has 0 unspecified atom stereocenters. The number of sulfonamides is 1. The Kier molecular flexibility index (Phi) is 4.01. The van der Waals surface area contributed by atoms with Crippen LogP contribution in [0, 0.1) is 11.3 Å². The van der Waals surface area contributed by atoms with Gasteiger partial charge in [0.1, 0.15) is 22.7 Å². The van der Waals surface area contributed by atoms with E-state index in [1.165, 1.54) is 12.1 Å². The van der Waals surface area contributed by atoms with Gasteiger partial charge in [-0.25, -0.2) is 13.4 Å². The second kappa shape index (κ2) is 5.56. The maximum absolute atomic E-state index is 12.4. The fraction of sp³-hybridized carbons (Fsp3) is 0.417. The molecule has 0 bridgehead atoms. The van der Waals surface area contributed by atoms with Crippen LogP contribution in [0.3, 0.4) is 0 Å². The van der Waals surface area contributed by atoms with Gasteiger partial charge in [-0.2, -0.15) is 9.57 Å². The zero-order valence-corrected chi connectivity index (χ0v) is 11.4. The van der Waals surface area contributed by atoms with Crippen LogP contribution in [0.4, 0.5) is 0 Å². The highest BCUT2D eigenvalue weighted by atomic mass is 32.2. The SMILES string of the molecule is N#Cc1ccc(S(=O)(=O)N2CCCC[C@H]2C(=O)O)cn1. The molecule has 0 saturated carbocycles. The number of nitriles is 1. The van der Waals surface area contributed by atoms with Crippen LogP contribution in [0.25, 0.3) is 0 Å². The quantitative estimate of drug-likeness (QED) is 0.873. The Morgan fingerprint density at radius 3 is 2.75 bits per heavy atom. The van der Waals surface area contributed by atoms with E-state index in [2.05, 4.69) is 4.98 Å². The zero-order chi connectivity index (χ0) is 14.8. The third kappa shape index (κ3) is 2.64. The van der Waals surface area contributed by atoms with Crippen molar-refractivity contribution in [3.8, 4) is 6.07 Å². The molecule has 2 rings (SSSR count). The largest absolute Gasteiger partial charge is 0.480 e. The first-order valence-electron chi connectivity index (χ1n) is 6.07. The molecule has 0 radical (unpaired) electrons. The van der Waals surface area contributed by atoms with Gasteiger partial charge < -0.3 is 5.11 Å². The van der Waals surface area contributed by atoms with E-state index in [-0.39, 0.29) is 17.1 Å². The van der Waals surface area contributed by atoms with Crippen molar-refractivity contribution in [1.29, 1.82) is 5.26 Å². The molecular weight excluding hydrogens is 282 g/mol. The minimum Gasteiger partial charge on any atom is -0.480 e. The molecule has 0 amide bonds. The molecule has 1 aliphatic heterocycles. The number of pyridine rings is 1. The zero-order valence-electron chi connectivity index (χ0n) is 10.6. The molecule has 1 aromatic heterocycles. The van der Waals surface area contributed by atoms with Crippen molar-refractivity contribution in [3.05, 3.63) is 24.0 Å². The standard InChI is InChI=1S/C12H13N3O4S/c13-7-9-4-5-10(8-14-9)20(18,19)15-6-2-1-3-11(15)12(16)17/h4-5,8,11H,1-3,6H2,(H,16,17)/t11-/m0/s1. The number of aromatic nitrogens is 1. The maximum Gasteiger partial charge on any atom is 0.322 e. The molecule has 7 nitrogen and oxygen atoms in total. The van der Waals surface area contributed by atoms with E-state index < -0.39 is 22.0 Å². The Balaban J connectivity index is 2.37. The molecule has 1 N–H and O–H groups in total. The molecule has 0 spiro atoms. The Morgan fingerprint density at radius 2 is 2.20 bits per heavy atom. The molecule has 2 heterocycles. The first kappa shape index (κ1) is 14.4. The Morgan fingerprint density at radius 1 is 1.45 bits per heavy atom. The first-order valence-corrected chi connectivity index (χ1v) is 7.51. The predicted octanol–water partition coefficient (Wildman–Crippen LogP) is 0.581. The first-order chi connectivity index (χ1) is 9.46. The second-order valence-corrected chi connectivity index (χ2v) is 6.35. The van der Waals surface area contributed by atoms with E-state index in [1.54, 1.807) is 6.07 Å². The number of aliphatic carboxylic acids is 1. The van der Waals surface area contributed by atoms with Crippen molar-refractivity contribution in [2.24, 2.45) is 0 Å². The summed E-state index contributed by atoms with van der Waals surface area (Å²) in [6.45, 7) is 0.180. The fourth-order valence-electron chi connectivity index (χ4n) is 2.17. The summed E-state index contributed by atoms with van der Waals surface area (Å²) in [5.41, 5.74) is 0.109. The molecule has 8 heteroatoms. The van der Waals surface area contributed by atoms with Crippen molar-refractivity contribution < 1.29 is 18.3 Å². The molecule has 1 atom stereocenters. The average molecular weight is 295 g/mol. The summed E-state index contributed by atoms with van der Waals surface area (Å²) in [6.07, 6.45) is 2.71. The molecular formula is C12H13N3O4S.